The Morgan fingerprint density at radius 3 is 2.54 bits per heavy atom. The van der Waals surface area contributed by atoms with Gasteiger partial charge in [0.25, 0.3) is 5.89 Å². The van der Waals surface area contributed by atoms with Crippen molar-refractivity contribution >= 4 is 34.0 Å². The van der Waals surface area contributed by atoms with Crippen molar-refractivity contribution in [1.29, 1.82) is 0 Å². The molecule has 2 aromatic rings. The Morgan fingerprint density at radius 2 is 2.00 bits per heavy atom. The van der Waals surface area contributed by atoms with Crippen LogP contribution < -0.4 is 5.73 Å². The van der Waals surface area contributed by atoms with Crippen LogP contribution >= 0.6 is 24.0 Å². The van der Waals surface area contributed by atoms with Gasteiger partial charge in [-0.2, -0.15) is 4.98 Å². The number of hydrogen-bond acceptors (Lipinski definition) is 6. The summed E-state index contributed by atoms with van der Waals surface area (Å²) in [6.45, 7) is 0. The standard InChI is InChI=1S/C14H17ClN4O3S.ClH/c1-19(2)23(20,21)9-4-5-11(15)10(8-9)12-17-13(18-22-12)14(16)6-3-7-14;/h4-5,8H,3,6-7,16H2,1-2H3;1H. The van der Waals surface area contributed by atoms with Gasteiger partial charge < -0.3 is 10.3 Å². The summed E-state index contributed by atoms with van der Waals surface area (Å²) in [5.41, 5.74) is 5.99. The molecule has 1 saturated carbocycles. The lowest BCUT2D eigenvalue weighted by Crippen LogP contribution is -2.44. The van der Waals surface area contributed by atoms with Gasteiger partial charge in [-0.15, -0.1) is 12.4 Å². The third-order valence-corrected chi connectivity index (χ3v) is 6.20. The van der Waals surface area contributed by atoms with Crippen LogP contribution in [0.5, 0.6) is 0 Å². The van der Waals surface area contributed by atoms with Gasteiger partial charge in [-0.1, -0.05) is 16.8 Å². The van der Waals surface area contributed by atoms with Crippen molar-refractivity contribution in [2.24, 2.45) is 5.73 Å². The zero-order chi connectivity index (χ0) is 16.8. The van der Waals surface area contributed by atoms with Crippen LogP contribution in [-0.4, -0.2) is 37.0 Å². The molecule has 0 saturated heterocycles. The molecule has 1 aliphatic carbocycles. The number of halogens is 2. The molecule has 132 valence electrons. The lowest BCUT2D eigenvalue weighted by Gasteiger charge is -2.34. The Hall–Kier alpha value is -1.19. The molecule has 24 heavy (non-hydrogen) atoms. The Kier molecular flexibility index (Phi) is 5.27. The SMILES string of the molecule is CN(C)S(=O)(=O)c1ccc(Cl)c(-c2nc(C3(N)CCC3)no2)c1.Cl. The molecule has 0 aliphatic heterocycles. The molecule has 10 heteroatoms. The highest BCUT2D eigenvalue weighted by Crippen LogP contribution is 2.38. The van der Waals surface area contributed by atoms with Crippen LogP contribution in [0.25, 0.3) is 11.5 Å². The van der Waals surface area contributed by atoms with Gasteiger partial charge in [-0.05, 0) is 37.5 Å². The molecule has 1 heterocycles. The van der Waals surface area contributed by atoms with E-state index in [4.69, 9.17) is 21.9 Å². The minimum atomic E-state index is -3.58. The lowest BCUT2D eigenvalue weighted by molar-refractivity contribution is 0.229. The first-order valence-corrected chi connectivity index (χ1v) is 8.91. The van der Waals surface area contributed by atoms with Gasteiger partial charge >= 0.3 is 0 Å². The maximum atomic E-state index is 12.2. The number of rotatable bonds is 4. The fourth-order valence-corrected chi connectivity index (χ4v) is 3.48. The van der Waals surface area contributed by atoms with Gasteiger partial charge in [0.05, 0.1) is 21.0 Å². The van der Waals surface area contributed by atoms with E-state index < -0.39 is 15.6 Å². The van der Waals surface area contributed by atoms with E-state index in [0.717, 1.165) is 23.6 Å². The molecule has 0 bridgehead atoms. The van der Waals surface area contributed by atoms with Gasteiger partial charge in [0.1, 0.15) is 0 Å². The summed E-state index contributed by atoms with van der Waals surface area (Å²) < 4.78 is 30.9. The average Bonchev–Trinajstić information content (AvgIpc) is 2.94. The maximum Gasteiger partial charge on any atom is 0.259 e. The first kappa shape index (κ1) is 19.1. The normalized spacial score (nSPS) is 16.5. The highest BCUT2D eigenvalue weighted by atomic mass is 35.5. The monoisotopic (exact) mass is 392 g/mol. The zero-order valence-electron chi connectivity index (χ0n) is 13.2. The molecular formula is C14H18Cl2N4O3S. The minimum Gasteiger partial charge on any atom is -0.334 e. The number of hydrogen-bond donors (Lipinski definition) is 1. The van der Waals surface area contributed by atoms with Crippen LogP contribution in [0.3, 0.4) is 0 Å². The van der Waals surface area contributed by atoms with E-state index in [9.17, 15) is 8.42 Å². The van der Waals surface area contributed by atoms with Crippen molar-refractivity contribution in [3.8, 4) is 11.5 Å². The first-order valence-electron chi connectivity index (χ1n) is 7.09. The summed E-state index contributed by atoms with van der Waals surface area (Å²) in [7, 11) is -0.656. The molecule has 1 aromatic carbocycles. The molecule has 0 atom stereocenters. The Labute approximate surface area is 151 Å². The molecule has 1 aliphatic rings. The van der Waals surface area contributed by atoms with Crippen LogP contribution in [-0.2, 0) is 15.6 Å². The molecule has 0 radical (unpaired) electrons. The number of benzene rings is 1. The summed E-state index contributed by atoms with van der Waals surface area (Å²) in [6.07, 6.45) is 2.63. The van der Waals surface area contributed by atoms with E-state index in [2.05, 4.69) is 10.1 Å². The number of nitrogens with two attached hydrogens (primary N) is 1. The Balaban J connectivity index is 0.00000208. The van der Waals surface area contributed by atoms with Gasteiger partial charge in [-0.3, -0.25) is 0 Å². The predicted octanol–water partition coefficient (Wildman–Crippen LogP) is 2.40. The lowest BCUT2D eigenvalue weighted by atomic mass is 9.77. The van der Waals surface area contributed by atoms with E-state index in [1.807, 2.05) is 0 Å². The summed E-state index contributed by atoms with van der Waals surface area (Å²) in [4.78, 5) is 4.41. The van der Waals surface area contributed by atoms with E-state index in [-0.39, 0.29) is 23.2 Å². The van der Waals surface area contributed by atoms with Gasteiger partial charge in [-0.25, -0.2) is 12.7 Å². The van der Waals surface area contributed by atoms with Crippen molar-refractivity contribution in [1.82, 2.24) is 14.4 Å². The summed E-state index contributed by atoms with van der Waals surface area (Å²) in [5, 5.41) is 4.26. The van der Waals surface area contributed by atoms with Crippen molar-refractivity contribution in [3.05, 3.63) is 29.0 Å². The van der Waals surface area contributed by atoms with E-state index >= 15 is 0 Å². The molecule has 0 spiro atoms. The molecule has 0 unspecified atom stereocenters. The van der Waals surface area contributed by atoms with Crippen molar-refractivity contribution in [2.75, 3.05) is 14.1 Å². The molecule has 2 N–H and O–H groups in total. The van der Waals surface area contributed by atoms with Gasteiger partial charge in [0.2, 0.25) is 10.0 Å². The predicted molar refractivity (Wildman–Crippen MR) is 92.6 cm³/mol. The average molecular weight is 393 g/mol. The number of sulfonamides is 1. The van der Waals surface area contributed by atoms with Crippen LogP contribution in [0.4, 0.5) is 0 Å². The molecular weight excluding hydrogens is 375 g/mol. The van der Waals surface area contributed by atoms with E-state index in [0.29, 0.717) is 16.4 Å². The molecule has 7 nitrogen and oxygen atoms in total. The van der Waals surface area contributed by atoms with Crippen LogP contribution in [0.15, 0.2) is 27.6 Å². The summed E-state index contributed by atoms with van der Waals surface area (Å²) >= 11 is 6.16. The van der Waals surface area contributed by atoms with Gasteiger partial charge in [0, 0.05) is 14.1 Å². The van der Waals surface area contributed by atoms with Crippen LogP contribution in [0.2, 0.25) is 5.02 Å². The van der Waals surface area contributed by atoms with E-state index in [1.54, 1.807) is 0 Å². The topological polar surface area (TPSA) is 102 Å². The first-order chi connectivity index (χ1) is 10.7. The van der Waals surface area contributed by atoms with Crippen molar-refractivity contribution in [2.45, 2.75) is 29.7 Å². The fraction of sp³-hybridized carbons (Fsp3) is 0.429. The van der Waals surface area contributed by atoms with E-state index in [1.165, 1.54) is 32.3 Å². The molecule has 1 aromatic heterocycles. The van der Waals surface area contributed by atoms with Crippen LogP contribution in [0.1, 0.15) is 25.1 Å². The Morgan fingerprint density at radius 1 is 1.33 bits per heavy atom. The molecule has 0 amide bonds. The van der Waals surface area contributed by atoms with Crippen molar-refractivity contribution in [3.63, 3.8) is 0 Å². The largest absolute Gasteiger partial charge is 0.334 e. The molecule has 1 fully saturated rings. The fourth-order valence-electron chi connectivity index (χ4n) is 2.36. The number of aromatic nitrogens is 2. The summed E-state index contributed by atoms with van der Waals surface area (Å²) in [6, 6.07) is 4.37. The second-order valence-corrected chi connectivity index (χ2v) is 8.42. The highest BCUT2D eigenvalue weighted by molar-refractivity contribution is 7.89. The zero-order valence-corrected chi connectivity index (χ0v) is 15.6. The highest BCUT2D eigenvalue weighted by Gasteiger charge is 2.39. The van der Waals surface area contributed by atoms with Crippen molar-refractivity contribution < 1.29 is 12.9 Å². The summed E-state index contributed by atoms with van der Waals surface area (Å²) in [5.74, 6) is 0.591. The minimum absolute atomic E-state index is 0. The van der Waals surface area contributed by atoms with Crippen LogP contribution in [0, 0.1) is 0 Å². The maximum absolute atomic E-state index is 12.2. The quantitative estimate of drug-likeness (QED) is 0.856. The van der Waals surface area contributed by atoms with Gasteiger partial charge in [0.15, 0.2) is 5.82 Å². The Bertz CT molecular complexity index is 847. The second kappa shape index (κ2) is 6.61. The second-order valence-electron chi connectivity index (χ2n) is 5.86. The number of nitrogens with zero attached hydrogens (tertiary/aromatic N) is 3. The smallest absolute Gasteiger partial charge is 0.259 e. The molecule has 3 rings (SSSR count). The third kappa shape index (κ3) is 3.16. The third-order valence-electron chi connectivity index (χ3n) is 4.06.